The Kier molecular flexibility index (Phi) is 5.41. The highest BCUT2D eigenvalue weighted by Gasteiger charge is 2.16. The minimum Gasteiger partial charge on any atom is -0.349 e. The number of carbonyl (C=O) groups is 1. The van der Waals surface area contributed by atoms with Crippen LogP contribution in [0, 0.1) is 13.8 Å². The second-order valence-electron chi connectivity index (χ2n) is 5.45. The molecule has 2 aromatic carbocycles. The van der Waals surface area contributed by atoms with Gasteiger partial charge in [0.1, 0.15) is 0 Å². The smallest absolute Gasteiger partial charge is 0.261 e. The first-order valence-electron chi connectivity index (χ1n) is 7.43. The van der Waals surface area contributed by atoms with Crippen LogP contribution in [0.15, 0.2) is 60.0 Å². The minimum absolute atomic E-state index is 0.101. The molecule has 0 radical (unpaired) electrons. The summed E-state index contributed by atoms with van der Waals surface area (Å²) in [5.74, 6) is -0.277. The molecule has 0 aliphatic rings. The largest absolute Gasteiger partial charge is 0.349 e. The fraction of sp³-hybridized carbons (Fsp3) is 0.167. The summed E-state index contributed by atoms with van der Waals surface area (Å²) in [6.07, 6.45) is 1.57. The lowest BCUT2D eigenvalue weighted by molar-refractivity contribution is 0.0958. The van der Waals surface area contributed by atoms with Crippen LogP contribution in [0.1, 0.15) is 21.5 Å². The predicted molar refractivity (Wildman–Crippen MR) is 95.7 cm³/mol. The molecule has 6 heteroatoms. The molecule has 0 fully saturated rings. The van der Waals surface area contributed by atoms with Gasteiger partial charge in [-0.3, -0.25) is 9.52 Å². The summed E-state index contributed by atoms with van der Waals surface area (Å²) in [7, 11) is -3.71. The van der Waals surface area contributed by atoms with E-state index < -0.39 is 10.0 Å². The summed E-state index contributed by atoms with van der Waals surface area (Å²) in [6, 6.07) is 11.4. The Hall–Kier alpha value is -2.60. The SMILES string of the molecule is C=CCNC(=O)c1ccc(S(=O)(=O)Nc2cc(C)ccc2C)cc1. The van der Waals surface area contributed by atoms with Gasteiger partial charge in [0.15, 0.2) is 0 Å². The number of carbonyl (C=O) groups excluding carboxylic acids is 1. The molecule has 0 saturated carbocycles. The number of aryl methyl sites for hydroxylation is 2. The highest BCUT2D eigenvalue weighted by atomic mass is 32.2. The molecule has 24 heavy (non-hydrogen) atoms. The predicted octanol–water partition coefficient (Wildman–Crippen LogP) is 3.02. The van der Waals surface area contributed by atoms with Gasteiger partial charge in [-0.1, -0.05) is 18.2 Å². The van der Waals surface area contributed by atoms with E-state index in [0.29, 0.717) is 17.8 Å². The molecule has 2 rings (SSSR count). The molecular formula is C18H20N2O3S. The maximum atomic E-state index is 12.5. The van der Waals surface area contributed by atoms with E-state index in [-0.39, 0.29) is 10.8 Å². The third kappa shape index (κ3) is 4.23. The van der Waals surface area contributed by atoms with Crippen molar-refractivity contribution in [3.8, 4) is 0 Å². The third-order valence-corrected chi connectivity index (χ3v) is 4.85. The van der Waals surface area contributed by atoms with Gasteiger partial charge in [-0.2, -0.15) is 0 Å². The molecule has 5 nitrogen and oxygen atoms in total. The Bertz CT molecular complexity index is 856. The first-order valence-corrected chi connectivity index (χ1v) is 8.91. The Morgan fingerprint density at radius 2 is 1.79 bits per heavy atom. The van der Waals surface area contributed by atoms with Crippen LogP contribution in [-0.4, -0.2) is 20.9 Å². The maximum Gasteiger partial charge on any atom is 0.261 e. The molecule has 0 aliphatic carbocycles. The van der Waals surface area contributed by atoms with Gasteiger partial charge in [-0.25, -0.2) is 8.42 Å². The number of hydrogen-bond donors (Lipinski definition) is 2. The summed E-state index contributed by atoms with van der Waals surface area (Å²) < 4.78 is 27.6. The number of amides is 1. The molecular weight excluding hydrogens is 324 g/mol. The second kappa shape index (κ2) is 7.31. The van der Waals surface area contributed by atoms with Crippen molar-refractivity contribution in [3.63, 3.8) is 0 Å². The first kappa shape index (κ1) is 17.7. The molecule has 2 aromatic rings. The molecule has 0 aromatic heterocycles. The van der Waals surface area contributed by atoms with E-state index in [9.17, 15) is 13.2 Å². The van der Waals surface area contributed by atoms with Gasteiger partial charge in [-0.15, -0.1) is 6.58 Å². The van der Waals surface area contributed by atoms with E-state index >= 15 is 0 Å². The van der Waals surface area contributed by atoms with Crippen LogP contribution in [0.3, 0.4) is 0 Å². The molecule has 0 saturated heterocycles. The zero-order chi connectivity index (χ0) is 17.7. The van der Waals surface area contributed by atoms with Crippen molar-refractivity contribution in [1.82, 2.24) is 5.32 Å². The van der Waals surface area contributed by atoms with Crippen molar-refractivity contribution in [2.24, 2.45) is 0 Å². The Morgan fingerprint density at radius 1 is 1.12 bits per heavy atom. The highest BCUT2D eigenvalue weighted by molar-refractivity contribution is 7.92. The molecule has 0 spiro atoms. The summed E-state index contributed by atoms with van der Waals surface area (Å²) in [5, 5.41) is 2.64. The molecule has 0 atom stereocenters. The van der Waals surface area contributed by atoms with Gasteiger partial charge in [-0.05, 0) is 55.3 Å². The van der Waals surface area contributed by atoms with E-state index in [1.54, 1.807) is 12.1 Å². The quantitative estimate of drug-likeness (QED) is 0.791. The summed E-state index contributed by atoms with van der Waals surface area (Å²) >= 11 is 0. The normalized spacial score (nSPS) is 10.9. The number of rotatable bonds is 6. The maximum absolute atomic E-state index is 12.5. The average Bonchev–Trinajstić information content (AvgIpc) is 2.56. The lowest BCUT2D eigenvalue weighted by atomic mass is 10.1. The van der Waals surface area contributed by atoms with Crippen molar-refractivity contribution in [3.05, 3.63) is 71.8 Å². The van der Waals surface area contributed by atoms with E-state index in [1.807, 2.05) is 26.0 Å². The number of sulfonamides is 1. The molecule has 0 heterocycles. The van der Waals surface area contributed by atoms with E-state index in [2.05, 4.69) is 16.6 Å². The average molecular weight is 344 g/mol. The molecule has 1 amide bonds. The lowest BCUT2D eigenvalue weighted by Gasteiger charge is -2.12. The van der Waals surface area contributed by atoms with E-state index in [4.69, 9.17) is 0 Å². The van der Waals surface area contributed by atoms with Gasteiger partial charge in [0, 0.05) is 12.1 Å². The minimum atomic E-state index is -3.71. The van der Waals surface area contributed by atoms with Crippen LogP contribution in [-0.2, 0) is 10.0 Å². The fourth-order valence-corrected chi connectivity index (χ4v) is 3.22. The number of hydrogen-bond acceptors (Lipinski definition) is 3. The third-order valence-electron chi connectivity index (χ3n) is 3.47. The van der Waals surface area contributed by atoms with Gasteiger partial charge in [0.25, 0.3) is 15.9 Å². The van der Waals surface area contributed by atoms with Gasteiger partial charge in [0.05, 0.1) is 10.6 Å². The van der Waals surface area contributed by atoms with Crippen molar-refractivity contribution >= 4 is 21.6 Å². The lowest BCUT2D eigenvalue weighted by Crippen LogP contribution is -2.23. The zero-order valence-corrected chi connectivity index (χ0v) is 14.5. The van der Waals surface area contributed by atoms with Crippen LogP contribution in [0.25, 0.3) is 0 Å². The Morgan fingerprint density at radius 3 is 2.42 bits per heavy atom. The van der Waals surface area contributed by atoms with Gasteiger partial charge in [0.2, 0.25) is 0 Å². The summed E-state index contributed by atoms with van der Waals surface area (Å²) in [4.78, 5) is 11.9. The monoisotopic (exact) mass is 344 g/mol. The van der Waals surface area contributed by atoms with Gasteiger partial charge < -0.3 is 5.32 Å². The number of benzene rings is 2. The van der Waals surface area contributed by atoms with Crippen molar-refractivity contribution in [2.45, 2.75) is 18.7 Å². The summed E-state index contributed by atoms with van der Waals surface area (Å²) in [5.41, 5.74) is 2.74. The molecule has 0 aliphatic heterocycles. The second-order valence-corrected chi connectivity index (χ2v) is 7.13. The van der Waals surface area contributed by atoms with E-state index in [1.165, 1.54) is 24.3 Å². The standard InChI is InChI=1S/C18H20N2O3S/c1-4-11-19-18(21)15-7-9-16(10-8-15)24(22,23)20-17-12-13(2)5-6-14(17)3/h4-10,12,20H,1,11H2,2-3H3,(H,19,21). The number of nitrogens with one attached hydrogen (secondary N) is 2. The van der Waals surface area contributed by atoms with Crippen molar-refractivity contribution in [2.75, 3.05) is 11.3 Å². The van der Waals surface area contributed by atoms with Crippen LogP contribution in [0.4, 0.5) is 5.69 Å². The zero-order valence-electron chi connectivity index (χ0n) is 13.7. The Labute approximate surface area is 142 Å². The van der Waals surface area contributed by atoms with E-state index in [0.717, 1.165) is 11.1 Å². The molecule has 0 unspecified atom stereocenters. The molecule has 2 N–H and O–H groups in total. The Balaban J connectivity index is 2.22. The van der Waals surface area contributed by atoms with Crippen LogP contribution >= 0.6 is 0 Å². The van der Waals surface area contributed by atoms with Crippen LogP contribution in [0.2, 0.25) is 0 Å². The summed E-state index contributed by atoms with van der Waals surface area (Å²) in [6.45, 7) is 7.61. The van der Waals surface area contributed by atoms with Crippen molar-refractivity contribution in [1.29, 1.82) is 0 Å². The van der Waals surface area contributed by atoms with Crippen molar-refractivity contribution < 1.29 is 13.2 Å². The van der Waals surface area contributed by atoms with Gasteiger partial charge >= 0.3 is 0 Å². The van der Waals surface area contributed by atoms with Crippen LogP contribution < -0.4 is 10.0 Å². The number of anilines is 1. The fourth-order valence-electron chi connectivity index (χ4n) is 2.10. The first-order chi connectivity index (χ1) is 11.3. The molecule has 126 valence electrons. The highest BCUT2D eigenvalue weighted by Crippen LogP contribution is 2.21. The van der Waals surface area contributed by atoms with Crippen LogP contribution in [0.5, 0.6) is 0 Å². The molecule has 0 bridgehead atoms. The topological polar surface area (TPSA) is 75.3 Å².